The zero-order chi connectivity index (χ0) is 15.0. The van der Waals surface area contributed by atoms with Gasteiger partial charge in [-0.1, -0.05) is 35.4 Å². The summed E-state index contributed by atoms with van der Waals surface area (Å²) in [5.74, 6) is 0.0976. The third-order valence-electron chi connectivity index (χ3n) is 3.68. The first-order valence-electron chi connectivity index (χ1n) is 6.89. The molecule has 3 heteroatoms. The highest BCUT2D eigenvalue weighted by Gasteiger charge is 2.12. The quantitative estimate of drug-likeness (QED) is 0.633. The first-order chi connectivity index (χ1) is 10.0. The number of rotatable bonds is 3. The highest BCUT2D eigenvalue weighted by atomic mass is 35.5. The number of aryl methyl sites for hydroxylation is 1. The molecule has 2 nitrogen and oxygen atoms in total. The maximum Gasteiger partial charge on any atom is 0.161 e. The van der Waals surface area contributed by atoms with Crippen LogP contribution in [0.25, 0.3) is 10.9 Å². The minimum Gasteiger partial charge on any atom is -0.342 e. The largest absolute Gasteiger partial charge is 0.342 e. The molecule has 0 N–H and O–H groups in total. The number of aromatic nitrogens is 1. The van der Waals surface area contributed by atoms with Gasteiger partial charge in [0, 0.05) is 34.2 Å². The third kappa shape index (κ3) is 2.72. The second kappa shape index (κ2) is 5.38. The minimum atomic E-state index is 0.0976. The van der Waals surface area contributed by atoms with E-state index in [1.54, 1.807) is 6.92 Å². The van der Waals surface area contributed by atoms with Crippen molar-refractivity contribution in [2.24, 2.45) is 0 Å². The molecule has 3 aromatic rings. The molecule has 1 heterocycles. The van der Waals surface area contributed by atoms with Crippen molar-refractivity contribution in [2.45, 2.75) is 20.4 Å². The predicted molar refractivity (Wildman–Crippen MR) is 87.2 cm³/mol. The van der Waals surface area contributed by atoms with Crippen LogP contribution in [-0.4, -0.2) is 10.4 Å². The molecule has 0 fully saturated rings. The first-order valence-corrected chi connectivity index (χ1v) is 7.27. The Morgan fingerprint density at radius 3 is 2.52 bits per heavy atom. The minimum absolute atomic E-state index is 0.0976. The summed E-state index contributed by atoms with van der Waals surface area (Å²) in [6, 6.07) is 14.0. The smallest absolute Gasteiger partial charge is 0.161 e. The Labute approximate surface area is 129 Å². The van der Waals surface area contributed by atoms with Crippen LogP contribution in [0.2, 0.25) is 5.02 Å². The molecule has 0 bridgehead atoms. The van der Waals surface area contributed by atoms with Crippen LogP contribution in [-0.2, 0) is 6.54 Å². The van der Waals surface area contributed by atoms with E-state index in [9.17, 15) is 4.79 Å². The first kappa shape index (κ1) is 13.9. The van der Waals surface area contributed by atoms with Crippen molar-refractivity contribution in [1.29, 1.82) is 0 Å². The SMILES string of the molecule is CC(=O)c1cn(Cc2ccc(Cl)cc2)c2ccc(C)cc12. The molecule has 1 aromatic heterocycles. The molecular weight excluding hydrogens is 282 g/mol. The van der Waals surface area contributed by atoms with Crippen LogP contribution in [0.15, 0.2) is 48.7 Å². The maximum atomic E-state index is 11.9. The van der Waals surface area contributed by atoms with E-state index in [4.69, 9.17) is 11.6 Å². The lowest BCUT2D eigenvalue weighted by Gasteiger charge is -2.06. The topological polar surface area (TPSA) is 22.0 Å². The summed E-state index contributed by atoms with van der Waals surface area (Å²) >= 11 is 5.92. The molecule has 21 heavy (non-hydrogen) atoms. The Morgan fingerprint density at radius 2 is 1.86 bits per heavy atom. The van der Waals surface area contributed by atoms with Crippen molar-refractivity contribution in [3.05, 3.63) is 70.4 Å². The van der Waals surface area contributed by atoms with Crippen LogP contribution in [0.4, 0.5) is 0 Å². The molecule has 0 radical (unpaired) electrons. The van der Waals surface area contributed by atoms with Crippen LogP contribution in [0.3, 0.4) is 0 Å². The van der Waals surface area contributed by atoms with Gasteiger partial charge in [-0.15, -0.1) is 0 Å². The lowest BCUT2D eigenvalue weighted by molar-refractivity contribution is 0.101. The molecule has 0 saturated heterocycles. The molecule has 0 aliphatic carbocycles. The molecule has 0 aliphatic rings. The summed E-state index contributed by atoms with van der Waals surface area (Å²) in [7, 11) is 0. The lowest BCUT2D eigenvalue weighted by atomic mass is 10.1. The normalized spacial score (nSPS) is 11.0. The van der Waals surface area contributed by atoms with E-state index in [-0.39, 0.29) is 5.78 Å². The molecular formula is C18H16ClNO. The number of ketones is 1. The van der Waals surface area contributed by atoms with E-state index in [0.29, 0.717) is 0 Å². The van der Waals surface area contributed by atoms with Gasteiger partial charge in [-0.05, 0) is 43.7 Å². The van der Waals surface area contributed by atoms with Crippen molar-refractivity contribution in [1.82, 2.24) is 4.57 Å². The van der Waals surface area contributed by atoms with Gasteiger partial charge in [-0.25, -0.2) is 0 Å². The van der Waals surface area contributed by atoms with Crippen molar-refractivity contribution < 1.29 is 4.79 Å². The predicted octanol–water partition coefficient (Wildman–Crippen LogP) is 4.85. The summed E-state index contributed by atoms with van der Waals surface area (Å²) in [5, 5.41) is 1.76. The van der Waals surface area contributed by atoms with Gasteiger partial charge in [-0.2, -0.15) is 0 Å². The van der Waals surface area contributed by atoms with Crippen molar-refractivity contribution in [2.75, 3.05) is 0 Å². The fraction of sp³-hybridized carbons (Fsp3) is 0.167. The maximum absolute atomic E-state index is 11.9. The Kier molecular flexibility index (Phi) is 3.56. The van der Waals surface area contributed by atoms with E-state index >= 15 is 0 Å². The molecule has 0 aliphatic heterocycles. The number of carbonyl (C=O) groups excluding carboxylic acids is 1. The Bertz CT molecular complexity index is 815. The molecule has 2 aromatic carbocycles. The number of fused-ring (bicyclic) bond motifs is 1. The highest BCUT2D eigenvalue weighted by Crippen LogP contribution is 2.24. The van der Waals surface area contributed by atoms with Crippen molar-refractivity contribution in [3.8, 4) is 0 Å². The van der Waals surface area contributed by atoms with Crippen LogP contribution in [0.1, 0.15) is 28.4 Å². The zero-order valence-corrected chi connectivity index (χ0v) is 12.8. The fourth-order valence-corrected chi connectivity index (χ4v) is 2.73. The van der Waals surface area contributed by atoms with Gasteiger partial charge < -0.3 is 4.57 Å². The Hall–Kier alpha value is -2.06. The van der Waals surface area contributed by atoms with Gasteiger partial charge in [-0.3, -0.25) is 4.79 Å². The number of hydrogen-bond acceptors (Lipinski definition) is 1. The fourth-order valence-electron chi connectivity index (χ4n) is 2.61. The van der Waals surface area contributed by atoms with Crippen molar-refractivity contribution in [3.63, 3.8) is 0 Å². The number of nitrogens with zero attached hydrogens (tertiary/aromatic N) is 1. The Morgan fingerprint density at radius 1 is 1.14 bits per heavy atom. The number of benzene rings is 2. The van der Waals surface area contributed by atoms with E-state index in [1.165, 1.54) is 0 Å². The summed E-state index contributed by atoms with van der Waals surface area (Å²) < 4.78 is 2.12. The third-order valence-corrected chi connectivity index (χ3v) is 3.93. The summed E-state index contributed by atoms with van der Waals surface area (Å²) in [4.78, 5) is 11.9. The van der Waals surface area contributed by atoms with Crippen LogP contribution < -0.4 is 0 Å². The molecule has 106 valence electrons. The van der Waals surface area contributed by atoms with Gasteiger partial charge in [0.25, 0.3) is 0 Å². The second-order valence-electron chi connectivity index (χ2n) is 5.37. The highest BCUT2D eigenvalue weighted by molar-refractivity contribution is 6.30. The number of carbonyl (C=O) groups is 1. The van der Waals surface area contributed by atoms with E-state index in [2.05, 4.69) is 22.8 Å². The average molecular weight is 298 g/mol. The number of halogens is 1. The molecule has 0 unspecified atom stereocenters. The summed E-state index contributed by atoms with van der Waals surface area (Å²) in [6.07, 6.45) is 1.95. The summed E-state index contributed by atoms with van der Waals surface area (Å²) in [6.45, 7) is 4.38. The molecule has 0 saturated carbocycles. The standard InChI is InChI=1S/C18H16ClNO/c1-12-3-8-18-16(9-12)17(13(2)21)11-20(18)10-14-4-6-15(19)7-5-14/h3-9,11H,10H2,1-2H3. The van der Waals surface area contributed by atoms with Gasteiger partial charge in [0.1, 0.15) is 0 Å². The summed E-state index contributed by atoms with van der Waals surface area (Å²) in [5.41, 5.74) is 4.18. The number of hydrogen-bond donors (Lipinski definition) is 0. The van der Waals surface area contributed by atoms with Gasteiger partial charge in [0.15, 0.2) is 5.78 Å². The van der Waals surface area contributed by atoms with Crippen LogP contribution >= 0.6 is 11.6 Å². The molecule has 0 spiro atoms. The average Bonchev–Trinajstić information content (AvgIpc) is 2.79. The van der Waals surface area contributed by atoms with Crippen LogP contribution in [0, 0.1) is 6.92 Å². The van der Waals surface area contributed by atoms with Crippen LogP contribution in [0.5, 0.6) is 0 Å². The zero-order valence-electron chi connectivity index (χ0n) is 12.1. The second-order valence-corrected chi connectivity index (χ2v) is 5.81. The van der Waals surface area contributed by atoms with E-state index in [1.807, 2.05) is 37.4 Å². The molecule has 3 rings (SSSR count). The van der Waals surface area contributed by atoms with E-state index < -0.39 is 0 Å². The molecule has 0 amide bonds. The van der Waals surface area contributed by atoms with E-state index in [0.717, 1.165) is 39.2 Å². The van der Waals surface area contributed by atoms with Gasteiger partial charge >= 0.3 is 0 Å². The molecule has 0 atom stereocenters. The number of Topliss-reactive ketones (excluding diaryl/α,β-unsaturated/α-hetero) is 1. The lowest BCUT2D eigenvalue weighted by Crippen LogP contribution is -1.98. The Balaban J connectivity index is 2.10. The van der Waals surface area contributed by atoms with Gasteiger partial charge in [0.05, 0.1) is 0 Å². The monoisotopic (exact) mass is 297 g/mol. The van der Waals surface area contributed by atoms with Gasteiger partial charge in [0.2, 0.25) is 0 Å². The van der Waals surface area contributed by atoms with Crippen molar-refractivity contribution >= 4 is 28.3 Å².